The van der Waals surface area contributed by atoms with Gasteiger partial charge in [-0.05, 0) is 40.9 Å². The highest BCUT2D eigenvalue weighted by molar-refractivity contribution is 9.10. The van der Waals surface area contributed by atoms with Crippen molar-refractivity contribution < 1.29 is 4.79 Å². The molecule has 0 aliphatic rings. The van der Waals surface area contributed by atoms with E-state index in [1.165, 1.54) is 0 Å². The zero-order valence-corrected chi connectivity index (χ0v) is 11.9. The summed E-state index contributed by atoms with van der Waals surface area (Å²) in [4.78, 5) is 11.9. The van der Waals surface area contributed by atoms with E-state index in [0.717, 1.165) is 17.3 Å². The molecule has 3 N–H and O–H groups in total. The third kappa shape index (κ3) is 3.82. The summed E-state index contributed by atoms with van der Waals surface area (Å²) in [6.07, 6.45) is 1.69. The van der Waals surface area contributed by atoms with Crippen LogP contribution in [0.1, 0.15) is 37.0 Å². The van der Waals surface area contributed by atoms with Crippen LogP contribution >= 0.6 is 15.9 Å². The molecule has 0 aliphatic heterocycles. The molecule has 1 aromatic carbocycles. The van der Waals surface area contributed by atoms with Gasteiger partial charge in [0.1, 0.15) is 0 Å². The molecule has 0 saturated heterocycles. The molecule has 0 atom stereocenters. The Hall–Kier alpha value is -0.870. The van der Waals surface area contributed by atoms with Gasteiger partial charge in [-0.3, -0.25) is 4.79 Å². The van der Waals surface area contributed by atoms with Gasteiger partial charge in [0, 0.05) is 16.6 Å². The van der Waals surface area contributed by atoms with Crippen LogP contribution in [0.15, 0.2) is 28.7 Å². The summed E-state index contributed by atoms with van der Waals surface area (Å²) in [6.45, 7) is 4.57. The number of rotatable bonds is 5. The van der Waals surface area contributed by atoms with E-state index in [0.29, 0.717) is 12.1 Å². The van der Waals surface area contributed by atoms with E-state index < -0.39 is 0 Å². The molecule has 1 rings (SSSR count). The van der Waals surface area contributed by atoms with Crippen molar-refractivity contribution in [3.05, 3.63) is 34.3 Å². The van der Waals surface area contributed by atoms with E-state index in [1.54, 1.807) is 6.07 Å². The first-order chi connectivity index (χ1) is 8.02. The number of hydrogen-bond donors (Lipinski definition) is 2. The molecule has 0 fully saturated rings. The van der Waals surface area contributed by atoms with Crippen LogP contribution in [0.5, 0.6) is 0 Å². The van der Waals surface area contributed by atoms with E-state index in [2.05, 4.69) is 21.2 Å². The van der Waals surface area contributed by atoms with Crippen LogP contribution in [0.3, 0.4) is 0 Å². The lowest BCUT2D eigenvalue weighted by molar-refractivity contribution is 0.0941. The summed E-state index contributed by atoms with van der Waals surface area (Å²) in [5, 5.41) is 2.89. The van der Waals surface area contributed by atoms with Gasteiger partial charge in [0.2, 0.25) is 0 Å². The Labute approximate surface area is 111 Å². The first-order valence-electron chi connectivity index (χ1n) is 5.84. The smallest absolute Gasteiger partial charge is 0.252 e. The van der Waals surface area contributed by atoms with Crippen molar-refractivity contribution in [1.29, 1.82) is 0 Å². The molecule has 1 aromatic rings. The predicted octanol–water partition coefficient (Wildman–Crippen LogP) is 2.70. The quantitative estimate of drug-likeness (QED) is 0.878. The minimum absolute atomic E-state index is 0.0887. The zero-order chi connectivity index (χ0) is 12.9. The Morgan fingerprint density at radius 2 is 1.94 bits per heavy atom. The molecule has 0 aromatic heterocycles. The molecule has 0 aliphatic carbocycles. The fourth-order valence-corrected chi connectivity index (χ4v) is 1.96. The SMILES string of the molecule is CCC(N)(CC)CNC(=O)c1ccccc1Br. The third-order valence-electron chi connectivity index (χ3n) is 3.13. The van der Waals surface area contributed by atoms with E-state index >= 15 is 0 Å². The largest absolute Gasteiger partial charge is 0.350 e. The van der Waals surface area contributed by atoms with Crippen molar-refractivity contribution >= 4 is 21.8 Å². The van der Waals surface area contributed by atoms with Gasteiger partial charge in [-0.15, -0.1) is 0 Å². The van der Waals surface area contributed by atoms with Gasteiger partial charge in [-0.2, -0.15) is 0 Å². The second kappa shape index (κ2) is 6.17. The highest BCUT2D eigenvalue weighted by atomic mass is 79.9. The molecule has 1 amide bonds. The highest BCUT2D eigenvalue weighted by Crippen LogP contribution is 2.16. The number of nitrogens with two attached hydrogens (primary N) is 1. The summed E-state index contributed by atoms with van der Waals surface area (Å²) in [5.74, 6) is -0.0887. The molecule has 0 unspecified atom stereocenters. The number of nitrogens with one attached hydrogen (secondary N) is 1. The van der Waals surface area contributed by atoms with Crippen molar-refractivity contribution in [2.24, 2.45) is 5.73 Å². The Morgan fingerprint density at radius 3 is 2.47 bits per heavy atom. The Bertz CT molecular complexity index is 389. The van der Waals surface area contributed by atoms with Crippen LogP contribution in [-0.2, 0) is 0 Å². The van der Waals surface area contributed by atoms with Crippen molar-refractivity contribution in [3.8, 4) is 0 Å². The molecule has 0 radical (unpaired) electrons. The Balaban J connectivity index is 2.65. The summed E-state index contributed by atoms with van der Waals surface area (Å²) >= 11 is 3.36. The van der Waals surface area contributed by atoms with E-state index in [4.69, 9.17) is 5.73 Å². The molecule has 0 saturated carbocycles. The second-order valence-electron chi connectivity index (χ2n) is 4.23. The molecule has 4 heteroatoms. The number of hydrogen-bond acceptors (Lipinski definition) is 2. The number of halogens is 1. The Morgan fingerprint density at radius 1 is 1.35 bits per heavy atom. The van der Waals surface area contributed by atoms with Crippen LogP contribution in [0, 0.1) is 0 Å². The van der Waals surface area contributed by atoms with Crippen LogP contribution in [0.4, 0.5) is 0 Å². The fourth-order valence-electron chi connectivity index (χ4n) is 1.50. The van der Waals surface area contributed by atoms with Crippen LogP contribution < -0.4 is 11.1 Å². The van der Waals surface area contributed by atoms with Crippen LogP contribution in [0.25, 0.3) is 0 Å². The first kappa shape index (κ1) is 14.2. The average Bonchev–Trinajstić information content (AvgIpc) is 2.36. The molecule has 0 spiro atoms. The molecule has 94 valence electrons. The number of benzene rings is 1. The van der Waals surface area contributed by atoms with Crippen molar-refractivity contribution in [2.45, 2.75) is 32.2 Å². The van der Waals surface area contributed by atoms with Gasteiger partial charge in [0.25, 0.3) is 5.91 Å². The molecular weight excluding hydrogens is 280 g/mol. The lowest BCUT2D eigenvalue weighted by Gasteiger charge is -2.26. The minimum atomic E-state index is -0.309. The molecular formula is C13H19BrN2O. The highest BCUT2D eigenvalue weighted by Gasteiger charge is 2.21. The maximum absolute atomic E-state index is 11.9. The normalized spacial score (nSPS) is 11.3. The monoisotopic (exact) mass is 298 g/mol. The van der Waals surface area contributed by atoms with Gasteiger partial charge >= 0.3 is 0 Å². The van der Waals surface area contributed by atoms with Crippen molar-refractivity contribution in [3.63, 3.8) is 0 Å². The van der Waals surface area contributed by atoms with Gasteiger partial charge in [-0.1, -0.05) is 26.0 Å². The van der Waals surface area contributed by atoms with E-state index in [1.807, 2.05) is 32.0 Å². The molecule has 3 nitrogen and oxygen atoms in total. The predicted molar refractivity (Wildman–Crippen MR) is 74.0 cm³/mol. The number of amides is 1. The van der Waals surface area contributed by atoms with Crippen LogP contribution in [0.2, 0.25) is 0 Å². The Kier molecular flexibility index (Phi) is 5.15. The average molecular weight is 299 g/mol. The summed E-state index contributed by atoms with van der Waals surface area (Å²) < 4.78 is 0.799. The number of carbonyl (C=O) groups is 1. The summed E-state index contributed by atoms with van der Waals surface area (Å²) in [6, 6.07) is 7.36. The third-order valence-corrected chi connectivity index (χ3v) is 3.82. The maximum atomic E-state index is 11.9. The van der Waals surface area contributed by atoms with Gasteiger partial charge in [0.15, 0.2) is 0 Å². The van der Waals surface area contributed by atoms with Gasteiger partial charge < -0.3 is 11.1 Å². The standard InChI is InChI=1S/C13H19BrN2O/c1-3-13(15,4-2)9-16-12(17)10-7-5-6-8-11(10)14/h5-8H,3-4,9,15H2,1-2H3,(H,16,17). The minimum Gasteiger partial charge on any atom is -0.350 e. The molecule has 0 heterocycles. The lowest BCUT2D eigenvalue weighted by Crippen LogP contribution is -2.49. The second-order valence-corrected chi connectivity index (χ2v) is 5.09. The lowest BCUT2D eigenvalue weighted by atomic mass is 9.94. The zero-order valence-electron chi connectivity index (χ0n) is 10.3. The maximum Gasteiger partial charge on any atom is 0.252 e. The van der Waals surface area contributed by atoms with Gasteiger partial charge in [0.05, 0.1) is 5.56 Å². The fraction of sp³-hybridized carbons (Fsp3) is 0.462. The molecule has 17 heavy (non-hydrogen) atoms. The number of carbonyl (C=O) groups excluding carboxylic acids is 1. The summed E-state index contributed by atoms with van der Waals surface area (Å²) in [7, 11) is 0. The van der Waals surface area contributed by atoms with E-state index in [9.17, 15) is 4.79 Å². The van der Waals surface area contributed by atoms with Crippen molar-refractivity contribution in [1.82, 2.24) is 5.32 Å². The van der Waals surface area contributed by atoms with E-state index in [-0.39, 0.29) is 11.4 Å². The first-order valence-corrected chi connectivity index (χ1v) is 6.63. The van der Waals surface area contributed by atoms with Crippen LogP contribution in [-0.4, -0.2) is 18.0 Å². The topological polar surface area (TPSA) is 55.1 Å². The van der Waals surface area contributed by atoms with Gasteiger partial charge in [-0.25, -0.2) is 0 Å². The molecule has 0 bridgehead atoms. The van der Waals surface area contributed by atoms with Crippen molar-refractivity contribution in [2.75, 3.05) is 6.54 Å². The summed E-state index contributed by atoms with van der Waals surface area (Å²) in [5.41, 5.74) is 6.47.